The third-order valence-electron chi connectivity index (χ3n) is 6.22. The molecule has 4 aromatic rings. The number of H-pyrrole nitrogens is 1. The Morgan fingerprint density at radius 2 is 2.00 bits per heavy atom. The average Bonchev–Trinajstić information content (AvgIpc) is 3.49. The van der Waals surface area contributed by atoms with Crippen LogP contribution < -0.4 is 0 Å². The van der Waals surface area contributed by atoms with Gasteiger partial charge in [0.05, 0.1) is 43.3 Å². The minimum absolute atomic E-state index is 0.0195. The fourth-order valence-corrected chi connectivity index (χ4v) is 4.46. The molecule has 0 aliphatic carbocycles. The van der Waals surface area contributed by atoms with Gasteiger partial charge in [0.25, 0.3) is 0 Å². The third-order valence-corrected chi connectivity index (χ3v) is 6.22. The summed E-state index contributed by atoms with van der Waals surface area (Å²) in [6, 6.07) is 5.82. The summed E-state index contributed by atoms with van der Waals surface area (Å²) < 4.78 is 43.4. The van der Waals surface area contributed by atoms with Crippen LogP contribution in [-0.2, 0) is 15.9 Å². The molecule has 3 aromatic heterocycles. The first kappa shape index (κ1) is 24.4. The van der Waals surface area contributed by atoms with Crippen LogP contribution in [0.4, 0.5) is 13.6 Å². The Balaban J connectivity index is 1.57. The zero-order chi connectivity index (χ0) is 26.3. The normalized spacial score (nSPS) is 15.8. The molecule has 0 radical (unpaired) electrons. The number of carboxylic acids is 1. The number of carboxylic acid groups (broad SMARTS) is 1. The molecule has 12 heteroatoms. The second-order valence-corrected chi connectivity index (χ2v) is 8.71. The Labute approximate surface area is 209 Å². The van der Waals surface area contributed by atoms with Gasteiger partial charge in [0.1, 0.15) is 23.1 Å². The van der Waals surface area contributed by atoms with E-state index in [2.05, 4.69) is 15.0 Å². The number of ether oxygens (including phenoxy) is 2. The lowest BCUT2D eigenvalue weighted by Crippen LogP contribution is -2.46. The van der Waals surface area contributed by atoms with E-state index in [1.807, 2.05) is 13.0 Å². The fraction of sp³-hybridized carbons (Fsp3) is 0.280. The van der Waals surface area contributed by atoms with Crippen LogP contribution in [0.1, 0.15) is 21.7 Å². The summed E-state index contributed by atoms with van der Waals surface area (Å²) in [5.74, 6) is -3.01. The van der Waals surface area contributed by atoms with Crippen LogP contribution in [0.5, 0.6) is 0 Å². The number of aryl methyl sites for hydroxylation is 1. The number of carbonyl (C=O) groups is 2. The first-order chi connectivity index (χ1) is 17.7. The van der Waals surface area contributed by atoms with E-state index in [0.717, 1.165) is 23.9 Å². The topological polar surface area (TPSA) is 122 Å². The van der Waals surface area contributed by atoms with Crippen molar-refractivity contribution in [1.82, 2.24) is 24.3 Å². The van der Waals surface area contributed by atoms with Crippen LogP contribution in [0.3, 0.4) is 0 Å². The Morgan fingerprint density at radius 1 is 1.24 bits per heavy atom. The quantitative estimate of drug-likeness (QED) is 0.419. The van der Waals surface area contributed by atoms with Crippen molar-refractivity contribution >= 4 is 17.7 Å². The largest absolute Gasteiger partial charge is 0.476 e. The van der Waals surface area contributed by atoms with Crippen molar-refractivity contribution in [2.24, 2.45) is 0 Å². The molecule has 1 aliphatic rings. The van der Waals surface area contributed by atoms with Gasteiger partial charge in [0.15, 0.2) is 5.69 Å². The maximum atomic E-state index is 15.5. The number of rotatable bonds is 5. The number of aromatic carboxylic acids is 1. The Hall–Kier alpha value is -4.32. The maximum absolute atomic E-state index is 15.5. The van der Waals surface area contributed by atoms with Crippen LogP contribution >= 0.6 is 0 Å². The molecule has 0 spiro atoms. The highest BCUT2D eigenvalue weighted by molar-refractivity contribution is 5.86. The van der Waals surface area contributed by atoms with E-state index in [0.29, 0.717) is 24.5 Å². The second kappa shape index (κ2) is 9.62. The summed E-state index contributed by atoms with van der Waals surface area (Å²) in [5, 5.41) is 9.08. The van der Waals surface area contributed by atoms with E-state index < -0.39 is 29.8 Å². The lowest BCUT2D eigenvalue weighted by Gasteiger charge is -2.32. The molecule has 1 amide bonds. The number of halogens is 2. The SMILES string of the molecule is COC(=O)N1CCOC(Cc2c(-c3c(F)cc(-c4nc(C(=O)O)c[nH]4)cc3F)nc3cc(C)ccn23)C1. The number of amides is 1. The van der Waals surface area contributed by atoms with Crippen molar-refractivity contribution in [3.63, 3.8) is 0 Å². The predicted molar refractivity (Wildman–Crippen MR) is 127 cm³/mol. The van der Waals surface area contributed by atoms with Crippen LogP contribution in [-0.4, -0.2) is 74.3 Å². The number of hydrogen-bond donors (Lipinski definition) is 2. The molecule has 1 aromatic carbocycles. The van der Waals surface area contributed by atoms with Crippen LogP contribution in [0, 0.1) is 18.6 Å². The molecule has 10 nitrogen and oxygen atoms in total. The van der Waals surface area contributed by atoms with Crippen LogP contribution in [0.25, 0.3) is 28.3 Å². The van der Waals surface area contributed by atoms with Gasteiger partial charge in [-0.2, -0.15) is 0 Å². The van der Waals surface area contributed by atoms with E-state index in [9.17, 15) is 9.59 Å². The number of nitrogens with one attached hydrogen (secondary N) is 1. The zero-order valence-corrected chi connectivity index (χ0v) is 20.0. The summed E-state index contributed by atoms with van der Waals surface area (Å²) in [4.78, 5) is 35.7. The van der Waals surface area contributed by atoms with Crippen LogP contribution in [0.15, 0.2) is 36.7 Å². The van der Waals surface area contributed by atoms with Gasteiger partial charge < -0.3 is 28.9 Å². The average molecular weight is 511 g/mol. The number of aromatic nitrogens is 4. The molecule has 0 bridgehead atoms. The fourth-order valence-electron chi connectivity index (χ4n) is 4.46. The van der Waals surface area contributed by atoms with Gasteiger partial charge in [-0.1, -0.05) is 0 Å². The Kier molecular flexibility index (Phi) is 6.34. The van der Waals surface area contributed by atoms with E-state index in [1.54, 1.807) is 16.7 Å². The summed E-state index contributed by atoms with van der Waals surface area (Å²) >= 11 is 0. The predicted octanol–water partition coefficient (Wildman–Crippen LogP) is 3.69. The molecule has 1 fully saturated rings. The minimum atomic E-state index is -1.26. The first-order valence-electron chi connectivity index (χ1n) is 11.5. The molecular formula is C25H23F2N5O5. The van der Waals surface area contributed by atoms with Gasteiger partial charge in [-0.3, -0.25) is 0 Å². The van der Waals surface area contributed by atoms with E-state index in [4.69, 9.17) is 14.6 Å². The maximum Gasteiger partial charge on any atom is 0.409 e. The standard InChI is InChI=1S/C25H23F2N5O5/c1-13-3-4-32-19(10-15-12-31(5-6-37-15)25(35)36-2)22(30-20(32)7-13)21-16(26)8-14(9-17(21)27)23-28-11-18(29-23)24(33)34/h3-4,7-9,11,15H,5-6,10,12H2,1-2H3,(H,28,29)(H,33,34). The van der Waals surface area contributed by atoms with Gasteiger partial charge in [0, 0.05) is 30.9 Å². The number of morpholine rings is 1. The molecule has 2 N–H and O–H groups in total. The smallest absolute Gasteiger partial charge is 0.409 e. The molecule has 37 heavy (non-hydrogen) atoms. The first-order valence-corrected chi connectivity index (χ1v) is 11.5. The van der Waals surface area contributed by atoms with Gasteiger partial charge in [-0.05, 0) is 36.8 Å². The van der Waals surface area contributed by atoms with Gasteiger partial charge >= 0.3 is 12.1 Å². The van der Waals surface area contributed by atoms with Gasteiger partial charge in [-0.25, -0.2) is 28.3 Å². The minimum Gasteiger partial charge on any atom is -0.476 e. The number of nitrogens with zero attached hydrogens (tertiary/aromatic N) is 4. The third kappa shape index (κ3) is 4.62. The molecule has 5 rings (SSSR count). The van der Waals surface area contributed by atoms with Crippen molar-refractivity contribution in [3.8, 4) is 22.6 Å². The number of pyridine rings is 1. The summed E-state index contributed by atoms with van der Waals surface area (Å²) in [6.45, 7) is 2.81. The zero-order valence-electron chi connectivity index (χ0n) is 20.0. The Bertz CT molecular complexity index is 1490. The molecule has 4 heterocycles. The number of aromatic amines is 1. The lowest BCUT2D eigenvalue weighted by molar-refractivity contribution is -0.0241. The number of carbonyl (C=O) groups excluding carboxylic acids is 1. The molecule has 192 valence electrons. The number of methoxy groups -OCH3 is 1. The van der Waals surface area contributed by atoms with E-state index in [-0.39, 0.29) is 41.3 Å². The molecule has 1 saturated heterocycles. The van der Waals surface area contributed by atoms with Crippen molar-refractivity contribution in [2.45, 2.75) is 19.4 Å². The lowest BCUT2D eigenvalue weighted by atomic mass is 10.0. The highest BCUT2D eigenvalue weighted by Gasteiger charge is 2.29. The monoisotopic (exact) mass is 511 g/mol. The number of benzene rings is 1. The highest BCUT2D eigenvalue weighted by Crippen LogP contribution is 2.33. The summed E-state index contributed by atoms with van der Waals surface area (Å²) in [7, 11) is 1.30. The van der Waals surface area contributed by atoms with E-state index in [1.165, 1.54) is 12.0 Å². The van der Waals surface area contributed by atoms with Crippen molar-refractivity contribution in [2.75, 3.05) is 26.8 Å². The molecule has 0 saturated carbocycles. The van der Waals surface area contributed by atoms with Gasteiger partial charge in [0.2, 0.25) is 0 Å². The molecule has 1 atom stereocenters. The van der Waals surface area contributed by atoms with Gasteiger partial charge in [-0.15, -0.1) is 0 Å². The van der Waals surface area contributed by atoms with Crippen LogP contribution in [0.2, 0.25) is 0 Å². The molecule has 1 unspecified atom stereocenters. The molecular weight excluding hydrogens is 488 g/mol. The van der Waals surface area contributed by atoms with Crippen molar-refractivity contribution in [1.29, 1.82) is 0 Å². The number of imidazole rings is 2. The summed E-state index contributed by atoms with van der Waals surface area (Å²) in [6.07, 6.45) is 2.23. The van der Waals surface area contributed by atoms with E-state index >= 15 is 8.78 Å². The Morgan fingerprint density at radius 3 is 2.68 bits per heavy atom. The highest BCUT2D eigenvalue weighted by atomic mass is 19.1. The van der Waals surface area contributed by atoms with Crippen molar-refractivity contribution in [3.05, 3.63) is 65.2 Å². The number of hydrogen-bond acceptors (Lipinski definition) is 6. The second-order valence-electron chi connectivity index (χ2n) is 8.71. The van der Waals surface area contributed by atoms with Crippen molar-refractivity contribution < 1.29 is 33.0 Å². The number of fused-ring (bicyclic) bond motifs is 1. The summed E-state index contributed by atoms with van der Waals surface area (Å²) in [5.41, 5.74) is 1.50. The molecule has 1 aliphatic heterocycles.